The second-order valence-electron chi connectivity index (χ2n) is 4.47. The van der Waals surface area contributed by atoms with Crippen LogP contribution in [0.25, 0.3) is 0 Å². The van der Waals surface area contributed by atoms with Crippen LogP contribution in [0.5, 0.6) is 0 Å². The first kappa shape index (κ1) is 11.8. The molecule has 1 aliphatic rings. The Morgan fingerprint density at radius 2 is 1.84 bits per heavy atom. The van der Waals surface area contributed by atoms with Crippen LogP contribution >= 0.6 is 0 Å². The Hall–Kier alpha value is -2.23. The lowest BCUT2D eigenvalue weighted by atomic mass is 9.99. The first-order valence-electron chi connectivity index (χ1n) is 6.02. The molecule has 0 aromatic heterocycles. The van der Waals surface area contributed by atoms with Crippen LogP contribution in [0.2, 0.25) is 0 Å². The Kier molecular flexibility index (Phi) is 2.78. The van der Waals surface area contributed by atoms with Gasteiger partial charge in [-0.1, -0.05) is 6.07 Å². The zero-order chi connectivity index (χ0) is 13.4. The van der Waals surface area contributed by atoms with Crippen molar-refractivity contribution in [3.05, 3.63) is 64.7 Å². The summed E-state index contributed by atoms with van der Waals surface area (Å²) in [5, 5.41) is 3.17. The van der Waals surface area contributed by atoms with Crippen LogP contribution in [0.4, 0.5) is 14.5 Å². The minimum Gasteiger partial charge on any atom is -0.384 e. The number of nitrogens with one attached hydrogen (secondary N) is 1. The van der Waals surface area contributed by atoms with Gasteiger partial charge in [0.1, 0.15) is 11.6 Å². The van der Waals surface area contributed by atoms with Gasteiger partial charge < -0.3 is 5.32 Å². The monoisotopic (exact) mass is 259 g/mol. The van der Waals surface area contributed by atoms with E-state index in [0.717, 1.165) is 36.3 Å². The van der Waals surface area contributed by atoms with E-state index in [4.69, 9.17) is 0 Å². The summed E-state index contributed by atoms with van der Waals surface area (Å²) in [6.45, 7) is 0.820. The van der Waals surface area contributed by atoms with E-state index in [1.54, 1.807) is 18.2 Å². The van der Waals surface area contributed by atoms with Gasteiger partial charge in [0.15, 0.2) is 5.78 Å². The largest absolute Gasteiger partial charge is 0.384 e. The van der Waals surface area contributed by atoms with E-state index >= 15 is 0 Å². The third kappa shape index (κ3) is 1.99. The van der Waals surface area contributed by atoms with Gasteiger partial charge in [-0.2, -0.15) is 0 Å². The Morgan fingerprint density at radius 3 is 2.58 bits per heavy atom. The molecule has 19 heavy (non-hydrogen) atoms. The molecule has 0 spiro atoms. The standard InChI is InChI=1S/C15H11F2NO/c16-11-2-1-3-12(17)14(11)15(19)10-4-5-13-9(8-10)6-7-18-13/h1-5,8,18H,6-7H2. The Morgan fingerprint density at radius 1 is 1.11 bits per heavy atom. The molecular weight excluding hydrogens is 248 g/mol. The SMILES string of the molecule is O=C(c1ccc2c(c1)CCN2)c1c(F)cccc1F. The number of fused-ring (bicyclic) bond motifs is 1. The Bertz CT molecular complexity index is 647. The van der Waals surface area contributed by atoms with Crippen LogP contribution in [0.15, 0.2) is 36.4 Å². The van der Waals surface area contributed by atoms with Crippen LogP contribution in [0.3, 0.4) is 0 Å². The van der Waals surface area contributed by atoms with Crippen molar-refractivity contribution in [3.63, 3.8) is 0 Å². The molecule has 3 rings (SSSR count). The number of carbonyl (C=O) groups is 1. The second kappa shape index (κ2) is 4.46. The van der Waals surface area contributed by atoms with Gasteiger partial charge in [0.2, 0.25) is 0 Å². The highest BCUT2D eigenvalue weighted by Crippen LogP contribution is 2.25. The molecule has 0 saturated carbocycles. The van der Waals surface area contributed by atoms with Gasteiger partial charge in [0.05, 0.1) is 5.56 Å². The highest BCUT2D eigenvalue weighted by atomic mass is 19.1. The lowest BCUT2D eigenvalue weighted by Crippen LogP contribution is -2.07. The summed E-state index contributed by atoms with van der Waals surface area (Å²) in [6, 6.07) is 8.48. The summed E-state index contributed by atoms with van der Waals surface area (Å²) in [4.78, 5) is 12.2. The van der Waals surface area contributed by atoms with Gasteiger partial charge in [-0.15, -0.1) is 0 Å². The fourth-order valence-electron chi connectivity index (χ4n) is 2.31. The van der Waals surface area contributed by atoms with E-state index in [0.29, 0.717) is 5.56 Å². The first-order valence-corrected chi connectivity index (χ1v) is 6.02. The highest BCUT2D eigenvalue weighted by Gasteiger charge is 2.20. The van der Waals surface area contributed by atoms with Gasteiger partial charge >= 0.3 is 0 Å². The van der Waals surface area contributed by atoms with E-state index in [1.807, 2.05) is 0 Å². The van der Waals surface area contributed by atoms with Crippen LogP contribution in [-0.4, -0.2) is 12.3 Å². The smallest absolute Gasteiger partial charge is 0.198 e. The topological polar surface area (TPSA) is 29.1 Å². The lowest BCUT2D eigenvalue weighted by molar-refractivity contribution is 0.103. The van der Waals surface area contributed by atoms with Gasteiger partial charge in [-0.25, -0.2) is 8.78 Å². The van der Waals surface area contributed by atoms with Crippen molar-refractivity contribution >= 4 is 11.5 Å². The van der Waals surface area contributed by atoms with E-state index in [1.165, 1.54) is 6.07 Å². The number of anilines is 1. The number of benzene rings is 2. The zero-order valence-electron chi connectivity index (χ0n) is 10.0. The van der Waals surface area contributed by atoms with E-state index in [2.05, 4.69) is 5.32 Å². The minimum absolute atomic E-state index is 0.312. The molecule has 0 amide bonds. The third-order valence-electron chi connectivity index (χ3n) is 3.27. The molecule has 4 heteroatoms. The van der Waals surface area contributed by atoms with Gasteiger partial charge in [0, 0.05) is 17.8 Å². The van der Waals surface area contributed by atoms with Gasteiger partial charge in [-0.05, 0) is 42.3 Å². The molecule has 0 saturated heterocycles. The molecule has 0 atom stereocenters. The molecule has 0 fully saturated rings. The summed E-state index contributed by atoms with van der Waals surface area (Å²) in [7, 11) is 0. The van der Waals surface area contributed by atoms with Crippen molar-refractivity contribution < 1.29 is 13.6 Å². The summed E-state index contributed by atoms with van der Waals surface area (Å²) < 4.78 is 27.2. The third-order valence-corrected chi connectivity index (χ3v) is 3.27. The molecule has 2 aromatic rings. The molecule has 0 radical (unpaired) electrons. The van der Waals surface area contributed by atoms with Crippen molar-refractivity contribution in [1.29, 1.82) is 0 Å². The Balaban J connectivity index is 2.05. The molecule has 2 aromatic carbocycles. The average Bonchev–Trinajstić information content (AvgIpc) is 2.85. The van der Waals surface area contributed by atoms with Crippen molar-refractivity contribution in [2.24, 2.45) is 0 Å². The average molecular weight is 259 g/mol. The van der Waals surface area contributed by atoms with Crippen molar-refractivity contribution in [2.45, 2.75) is 6.42 Å². The number of hydrogen-bond donors (Lipinski definition) is 1. The van der Waals surface area contributed by atoms with Crippen LogP contribution in [0, 0.1) is 11.6 Å². The second-order valence-corrected chi connectivity index (χ2v) is 4.47. The molecule has 1 N–H and O–H groups in total. The summed E-state index contributed by atoms with van der Waals surface area (Å²) >= 11 is 0. The summed E-state index contributed by atoms with van der Waals surface area (Å²) in [6.07, 6.45) is 0.816. The zero-order valence-corrected chi connectivity index (χ0v) is 10.0. The normalized spacial score (nSPS) is 12.9. The summed E-state index contributed by atoms with van der Waals surface area (Å²) in [5.74, 6) is -2.28. The first-order chi connectivity index (χ1) is 9.16. The number of hydrogen-bond acceptors (Lipinski definition) is 2. The number of ketones is 1. The number of rotatable bonds is 2. The van der Waals surface area contributed by atoms with Crippen LogP contribution in [-0.2, 0) is 6.42 Å². The maximum absolute atomic E-state index is 13.6. The van der Waals surface area contributed by atoms with Crippen molar-refractivity contribution in [2.75, 3.05) is 11.9 Å². The molecule has 2 nitrogen and oxygen atoms in total. The molecule has 1 aliphatic heterocycles. The Labute approximate surface area is 109 Å². The lowest BCUT2D eigenvalue weighted by Gasteiger charge is -2.06. The fourth-order valence-corrected chi connectivity index (χ4v) is 2.31. The van der Waals surface area contributed by atoms with E-state index < -0.39 is 23.0 Å². The van der Waals surface area contributed by atoms with Gasteiger partial charge in [-0.3, -0.25) is 4.79 Å². The van der Waals surface area contributed by atoms with Crippen molar-refractivity contribution in [1.82, 2.24) is 0 Å². The molecular formula is C15H11F2NO. The van der Waals surface area contributed by atoms with Crippen LogP contribution in [0.1, 0.15) is 21.5 Å². The minimum atomic E-state index is -0.830. The summed E-state index contributed by atoms with van der Waals surface area (Å²) in [5.41, 5.74) is 1.80. The van der Waals surface area contributed by atoms with E-state index in [9.17, 15) is 13.6 Å². The fraction of sp³-hybridized carbons (Fsp3) is 0.133. The van der Waals surface area contributed by atoms with Crippen LogP contribution < -0.4 is 5.32 Å². The number of carbonyl (C=O) groups excluding carboxylic acids is 1. The number of halogens is 2. The van der Waals surface area contributed by atoms with Crippen molar-refractivity contribution in [3.8, 4) is 0 Å². The molecule has 0 aliphatic carbocycles. The molecule has 96 valence electrons. The maximum atomic E-state index is 13.6. The predicted octanol–water partition coefficient (Wildman–Crippen LogP) is 3.16. The molecule has 0 unspecified atom stereocenters. The predicted molar refractivity (Wildman–Crippen MR) is 68.4 cm³/mol. The highest BCUT2D eigenvalue weighted by molar-refractivity contribution is 6.09. The van der Waals surface area contributed by atoms with E-state index in [-0.39, 0.29) is 0 Å². The molecule has 1 heterocycles. The maximum Gasteiger partial charge on any atom is 0.198 e. The quantitative estimate of drug-likeness (QED) is 0.839. The van der Waals surface area contributed by atoms with Gasteiger partial charge in [0.25, 0.3) is 0 Å². The molecule has 0 bridgehead atoms.